The van der Waals surface area contributed by atoms with Crippen molar-refractivity contribution in [2.45, 2.75) is 6.42 Å². The second kappa shape index (κ2) is 7.48. The quantitative estimate of drug-likeness (QED) is 0.751. The van der Waals surface area contributed by atoms with E-state index in [-0.39, 0.29) is 5.69 Å². The third-order valence-corrected chi connectivity index (χ3v) is 3.21. The molecule has 1 aromatic carbocycles. The van der Waals surface area contributed by atoms with Crippen LogP contribution >= 0.6 is 0 Å². The molecule has 0 aliphatic carbocycles. The number of para-hydroxylation sites is 1. The summed E-state index contributed by atoms with van der Waals surface area (Å²) in [7, 11) is 5.81. The van der Waals surface area contributed by atoms with Crippen molar-refractivity contribution in [3.05, 3.63) is 30.0 Å². The summed E-state index contributed by atoms with van der Waals surface area (Å²) in [5.41, 5.74) is 0.991. The third-order valence-electron chi connectivity index (χ3n) is 3.21. The van der Waals surface area contributed by atoms with Crippen molar-refractivity contribution in [1.29, 1.82) is 5.26 Å². The van der Waals surface area contributed by atoms with Crippen molar-refractivity contribution in [2.75, 3.05) is 39.6 Å². The maximum atomic E-state index is 9.20. The van der Waals surface area contributed by atoms with Gasteiger partial charge < -0.3 is 19.4 Å². The van der Waals surface area contributed by atoms with Crippen LogP contribution in [-0.4, -0.2) is 39.3 Å². The van der Waals surface area contributed by atoms with Gasteiger partial charge in [0.2, 0.25) is 17.5 Å². The predicted molar refractivity (Wildman–Crippen MR) is 84.0 cm³/mol. The first-order chi connectivity index (χ1) is 10.7. The molecule has 2 N–H and O–H groups in total. The summed E-state index contributed by atoms with van der Waals surface area (Å²) in [6.07, 6.45) is 0.984. The van der Waals surface area contributed by atoms with E-state index in [1.165, 1.54) is 4.90 Å². The van der Waals surface area contributed by atoms with E-state index in [4.69, 9.17) is 9.15 Å². The molecule has 22 heavy (non-hydrogen) atoms. The molecule has 2 rings (SSSR count). The van der Waals surface area contributed by atoms with Crippen LogP contribution in [0.25, 0.3) is 11.5 Å². The van der Waals surface area contributed by atoms with Gasteiger partial charge in [-0.3, -0.25) is 0 Å². The topological polar surface area (TPSA) is 75.5 Å². The Kier molecular flexibility index (Phi) is 5.39. The van der Waals surface area contributed by atoms with Crippen molar-refractivity contribution in [3.8, 4) is 23.3 Å². The fourth-order valence-electron chi connectivity index (χ4n) is 2.10. The molecular weight excluding hydrogens is 280 g/mol. The Morgan fingerprint density at radius 1 is 1.36 bits per heavy atom. The van der Waals surface area contributed by atoms with Crippen LogP contribution in [0.15, 0.2) is 28.7 Å². The number of hydrogen-bond donors (Lipinski definition) is 2. The number of ether oxygens (including phenoxy) is 1. The van der Waals surface area contributed by atoms with Crippen molar-refractivity contribution in [3.63, 3.8) is 0 Å². The van der Waals surface area contributed by atoms with Crippen LogP contribution in [0, 0.1) is 11.3 Å². The molecule has 0 atom stereocenters. The third kappa shape index (κ3) is 3.77. The van der Waals surface area contributed by atoms with E-state index in [1.807, 2.05) is 24.3 Å². The minimum Gasteiger partial charge on any atom is -0.496 e. The number of quaternary nitrogens is 1. The van der Waals surface area contributed by atoms with Crippen LogP contribution in [0.5, 0.6) is 5.75 Å². The molecule has 0 radical (unpaired) electrons. The molecule has 6 heteroatoms. The highest BCUT2D eigenvalue weighted by atomic mass is 16.5. The Morgan fingerprint density at radius 3 is 2.82 bits per heavy atom. The van der Waals surface area contributed by atoms with E-state index in [9.17, 15) is 5.26 Å². The first-order valence-corrected chi connectivity index (χ1v) is 7.23. The first kappa shape index (κ1) is 15.9. The van der Waals surface area contributed by atoms with Crippen LogP contribution in [0.4, 0.5) is 5.88 Å². The normalized spacial score (nSPS) is 10.5. The van der Waals surface area contributed by atoms with E-state index in [2.05, 4.69) is 30.5 Å². The number of benzene rings is 1. The van der Waals surface area contributed by atoms with Crippen LogP contribution in [0.3, 0.4) is 0 Å². The fourth-order valence-corrected chi connectivity index (χ4v) is 2.10. The molecule has 0 spiro atoms. The van der Waals surface area contributed by atoms with Crippen molar-refractivity contribution in [1.82, 2.24) is 4.98 Å². The lowest BCUT2D eigenvalue weighted by molar-refractivity contribution is -0.858. The SMILES string of the molecule is COc1ccccc1-c1nc(C#N)c(NCCC[NH+](C)C)o1. The highest BCUT2D eigenvalue weighted by Crippen LogP contribution is 2.31. The average molecular weight is 301 g/mol. The Balaban J connectivity index is 2.16. The number of nitrogens with zero attached hydrogens (tertiary/aromatic N) is 2. The highest BCUT2D eigenvalue weighted by molar-refractivity contribution is 5.65. The zero-order valence-electron chi connectivity index (χ0n) is 13.1. The molecule has 2 aromatic rings. The Morgan fingerprint density at radius 2 is 2.14 bits per heavy atom. The molecule has 0 bridgehead atoms. The molecule has 1 heterocycles. The number of rotatable bonds is 7. The summed E-state index contributed by atoms with van der Waals surface area (Å²) in [6, 6.07) is 9.49. The van der Waals surface area contributed by atoms with E-state index in [1.54, 1.807) is 7.11 Å². The van der Waals surface area contributed by atoms with Crippen molar-refractivity contribution < 1.29 is 14.1 Å². The van der Waals surface area contributed by atoms with Crippen LogP contribution < -0.4 is 15.0 Å². The van der Waals surface area contributed by atoms with Gasteiger partial charge in [-0.15, -0.1) is 0 Å². The van der Waals surface area contributed by atoms with Crippen LogP contribution in [-0.2, 0) is 0 Å². The lowest BCUT2D eigenvalue weighted by Gasteiger charge is -2.07. The van der Waals surface area contributed by atoms with Gasteiger partial charge in [0, 0.05) is 13.0 Å². The summed E-state index contributed by atoms with van der Waals surface area (Å²) >= 11 is 0. The second-order valence-electron chi connectivity index (χ2n) is 5.25. The number of methoxy groups -OCH3 is 1. The molecule has 0 aliphatic rings. The van der Waals surface area contributed by atoms with E-state index >= 15 is 0 Å². The molecule has 1 aromatic heterocycles. The maximum Gasteiger partial charge on any atom is 0.233 e. The minimum atomic E-state index is 0.262. The molecule has 0 saturated heterocycles. The minimum absolute atomic E-state index is 0.262. The molecular formula is C16H21N4O2+. The maximum absolute atomic E-state index is 9.20. The van der Waals surface area contributed by atoms with Gasteiger partial charge in [0.05, 0.1) is 33.3 Å². The van der Waals surface area contributed by atoms with Crippen molar-refractivity contribution in [2.24, 2.45) is 0 Å². The zero-order chi connectivity index (χ0) is 15.9. The van der Waals surface area contributed by atoms with Crippen molar-refractivity contribution >= 4 is 5.88 Å². The van der Waals surface area contributed by atoms with E-state index < -0.39 is 0 Å². The zero-order valence-corrected chi connectivity index (χ0v) is 13.1. The van der Waals surface area contributed by atoms with Gasteiger partial charge in [-0.25, -0.2) is 0 Å². The summed E-state index contributed by atoms with van der Waals surface area (Å²) in [4.78, 5) is 5.63. The highest BCUT2D eigenvalue weighted by Gasteiger charge is 2.16. The summed E-state index contributed by atoms with van der Waals surface area (Å²) in [5.74, 6) is 1.46. The van der Waals surface area contributed by atoms with Gasteiger partial charge in [-0.05, 0) is 12.1 Å². The summed E-state index contributed by atoms with van der Waals surface area (Å²) in [6.45, 7) is 1.78. The van der Waals surface area contributed by atoms with Gasteiger partial charge in [-0.2, -0.15) is 10.2 Å². The number of nitriles is 1. The van der Waals surface area contributed by atoms with E-state index in [0.29, 0.717) is 17.5 Å². The largest absolute Gasteiger partial charge is 0.496 e. The molecule has 0 unspecified atom stereocenters. The van der Waals surface area contributed by atoms with Gasteiger partial charge in [0.25, 0.3) is 0 Å². The van der Waals surface area contributed by atoms with Gasteiger partial charge in [0.1, 0.15) is 11.8 Å². The molecule has 116 valence electrons. The number of hydrogen-bond acceptors (Lipinski definition) is 5. The van der Waals surface area contributed by atoms with E-state index in [0.717, 1.165) is 25.1 Å². The Bertz CT molecular complexity index is 658. The lowest BCUT2D eigenvalue weighted by atomic mass is 10.2. The molecule has 0 saturated carbocycles. The standard InChI is InChI=1S/C16H20N4O2/c1-20(2)10-6-9-18-16-13(11-17)19-15(22-16)12-7-4-5-8-14(12)21-3/h4-5,7-8,18H,6,9-10H2,1-3H3/p+1. The predicted octanol–water partition coefficient (Wildman–Crippen LogP) is 1.17. The fraction of sp³-hybridized carbons (Fsp3) is 0.375. The summed E-state index contributed by atoms with van der Waals surface area (Å²) < 4.78 is 11.0. The second-order valence-corrected chi connectivity index (χ2v) is 5.25. The average Bonchev–Trinajstić information content (AvgIpc) is 2.94. The molecule has 0 aliphatic heterocycles. The lowest BCUT2D eigenvalue weighted by Crippen LogP contribution is -3.05. The molecule has 0 fully saturated rings. The Hall–Kier alpha value is -2.52. The smallest absolute Gasteiger partial charge is 0.233 e. The van der Waals surface area contributed by atoms with Crippen LogP contribution in [0.1, 0.15) is 12.1 Å². The number of nitrogens with one attached hydrogen (secondary N) is 2. The monoisotopic (exact) mass is 301 g/mol. The Labute approximate surface area is 130 Å². The van der Waals surface area contributed by atoms with Gasteiger partial charge >= 0.3 is 0 Å². The number of anilines is 1. The molecule has 6 nitrogen and oxygen atoms in total. The summed E-state index contributed by atoms with van der Waals surface area (Å²) in [5, 5.41) is 12.3. The van der Waals surface area contributed by atoms with Gasteiger partial charge in [0.15, 0.2) is 0 Å². The van der Waals surface area contributed by atoms with Gasteiger partial charge in [-0.1, -0.05) is 12.1 Å². The number of oxazole rings is 1. The molecule has 0 amide bonds. The van der Waals surface area contributed by atoms with Crippen LogP contribution in [0.2, 0.25) is 0 Å². The first-order valence-electron chi connectivity index (χ1n) is 7.23. The number of aromatic nitrogens is 1.